The summed E-state index contributed by atoms with van der Waals surface area (Å²) < 4.78 is 10.7. The van der Waals surface area contributed by atoms with E-state index in [0.717, 1.165) is 33.6 Å². The van der Waals surface area contributed by atoms with Gasteiger partial charge < -0.3 is 30.7 Å². The van der Waals surface area contributed by atoms with E-state index in [9.17, 15) is 24.0 Å². The van der Waals surface area contributed by atoms with E-state index in [-0.39, 0.29) is 29.9 Å². The molecule has 1 aliphatic heterocycles. The smallest absolute Gasteiger partial charge is 0.413 e. The maximum atomic E-state index is 12.7. The molecule has 246 valence electrons. The number of amides is 5. The van der Waals surface area contributed by atoms with E-state index in [2.05, 4.69) is 31.6 Å². The molecule has 6 N–H and O–H groups in total. The third kappa shape index (κ3) is 7.74. The second-order valence-electron chi connectivity index (χ2n) is 12.0. The van der Waals surface area contributed by atoms with Gasteiger partial charge in [-0.3, -0.25) is 25.1 Å². The number of anilines is 1. The predicted molar refractivity (Wildman–Crippen MR) is 173 cm³/mol. The SMILES string of the molecule is C[C@H](NC(=O)OCC1c2ccccc2-c2ccccc21)C(=O)NC[C@H]1NC(=O)[C@H]1NC(=O)C(=N)c1csc(NC(=O)OC(C)(C)C)n1. The van der Waals surface area contributed by atoms with Crippen molar-refractivity contribution in [2.45, 2.75) is 57.3 Å². The Morgan fingerprint density at radius 2 is 1.66 bits per heavy atom. The van der Waals surface area contributed by atoms with Crippen molar-refractivity contribution in [1.29, 1.82) is 5.41 Å². The van der Waals surface area contributed by atoms with Crippen molar-refractivity contribution in [1.82, 2.24) is 26.3 Å². The van der Waals surface area contributed by atoms with E-state index >= 15 is 0 Å². The second kappa shape index (κ2) is 13.6. The Bertz CT molecular complexity index is 1690. The second-order valence-corrected chi connectivity index (χ2v) is 12.9. The normalized spacial score (nSPS) is 17.1. The number of ether oxygens (including phenoxy) is 2. The fourth-order valence-corrected chi connectivity index (χ4v) is 5.88. The van der Waals surface area contributed by atoms with Gasteiger partial charge in [0.25, 0.3) is 5.91 Å². The molecule has 0 bridgehead atoms. The molecule has 5 rings (SSSR count). The van der Waals surface area contributed by atoms with Gasteiger partial charge in [-0.25, -0.2) is 14.6 Å². The Labute approximate surface area is 274 Å². The summed E-state index contributed by atoms with van der Waals surface area (Å²) in [5.41, 5.74) is 3.11. The number of nitrogens with zero attached hydrogens (tertiary/aromatic N) is 1. The van der Waals surface area contributed by atoms with Gasteiger partial charge >= 0.3 is 12.2 Å². The third-order valence-corrected chi connectivity index (χ3v) is 8.22. The lowest BCUT2D eigenvalue weighted by Gasteiger charge is -2.37. The van der Waals surface area contributed by atoms with Crippen molar-refractivity contribution in [3.05, 3.63) is 70.7 Å². The topological polar surface area (TPSA) is 201 Å². The average molecular weight is 662 g/mol. The number of β-lactam (4-membered cyclic amide) rings is 1. The molecule has 15 heteroatoms. The Kier molecular flexibility index (Phi) is 9.56. The number of hydrogen-bond acceptors (Lipinski definition) is 10. The van der Waals surface area contributed by atoms with Crippen LogP contribution in [-0.2, 0) is 23.9 Å². The van der Waals surface area contributed by atoms with Gasteiger partial charge in [0, 0.05) is 17.8 Å². The highest BCUT2D eigenvalue weighted by Gasteiger charge is 2.41. The van der Waals surface area contributed by atoms with Gasteiger partial charge in [-0.15, -0.1) is 11.3 Å². The summed E-state index contributed by atoms with van der Waals surface area (Å²) in [6, 6.07) is 13.3. The first-order valence-corrected chi connectivity index (χ1v) is 15.7. The quantitative estimate of drug-likeness (QED) is 0.141. The van der Waals surface area contributed by atoms with Crippen LogP contribution in [0, 0.1) is 5.41 Å². The molecule has 1 saturated heterocycles. The first kappa shape index (κ1) is 33.1. The van der Waals surface area contributed by atoms with Crippen molar-refractivity contribution in [3.8, 4) is 11.1 Å². The first-order chi connectivity index (χ1) is 22.3. The highest BCUT2D eigenvalue weighted by Crippen LogP contribution is 2.44. The monoisotopic (exact) mass is 661 g/mol. The lowest BCUT2D eigenvalue weighted by Crippen LogP contribution is -2.72. The van der Waals surface area contributed by atoms with Gasteiger partial charge in [0.1, 0.15) is 35.7 Å². The summed E-state index contributed by atoms with van der Waals surface area (Å²) in [6.07, 6.45) is -1.48. The van der Waals surface area contributed by atoms with Gasteiger partial charge in [0.2, 0.25) is 11.8 Å². The molecule has 2 aromatic carbocycles. The van der Waals surface area contributed by atoms with Crippen LogP contribution in [0.4, 0.5) is 14.7 Å². The number of thiazole rings is 1. The fourth-order valence-electron chi connectivity index (χ4n) is 5.19. The minimum absolute atomic E-state index is 0.00345. The molecule has 3 aromatic rings. The number of carbonyl (C=O) groups excluding carboxylic acids is 5. The van der Waals surface area contributed by atoms with Gasteiger partial charge in [0.05, 0.1) is 6.04 Å². The van der Waals surface area contributed by atoms with Crippen molar-refractivity contribution in [2.24, 2.45) is 0 Å². The fraction of sp³-hybridized carbons (Fsp3) is 0.344. The van der Waals surface area contributed by atoms with Crippen LogP contribution in [-0.4, -0.2) is 77.5 Å². The van der Waals surface area contributed by atoms with Gasteiger partial charge in [-0.1, -0.05) is 48.5 Å². The molecule has 0 unspecified atom stereocenters. The van der Waals surface area contributed by atoms with Crippen LogP contribution in [0.1, 0.15) is 50.4 Å². The van der Waals surface area contributed by atoms with Crippen molar-refractivity contribution < 1.29 is 33.4 Å². The molecule has 3 atom stereocenters. The molecule has 0 radical (unpaired) electrons. The molecule has 2 heterocycles. The maximum absolute atomic E-state index is 12.7. The number of carbonyl (C=O) groups is 5. The van der Waals surface area contributed by atoms with E-state index < -0.39 is 59.3 Å². The number of rotatable bonds is 10. The van der Waals surface area contributed by atoms with Gasteiger partial charge in [-0.2, -0.15) is 0 Å². The summed E-state index contributed by atoms with van der Waals surface area (Å²) in [7, 11) is 0. The van der Waals surface area contributed by atoms with Gasteiger partial charge in [-0.05, 0) is 49.9 Å². The minimum Gasteiger partial charge on any atom is -0.449 e. The Morgan fingerprint density at radius 3 is 2.28 bits per heavy atom. The van der Waals surface area contributed by atoms with Crippen LogP contribution in [0.5, 0.6) is 0 Å². The molecule has 47 heavy (non-hydrogen) atoms. The maximum Gasteiger partial charge on any atom is 0.413 e. The first-order valence-electron chi connectivity index (χ1n) is 14.9. The molecule has 1 aromatic heterocycles. The predicted octanol–water partition coefficient (Wildman–Crippen LogP) is 2.88. The number of alkyl carbamates (subject to hydrolysis) is 1. The molecule has 1 fully saturated rings. The van der Waals surface area contributed by atoms with Crippen LogP contribution >= 0.6 is 11.3 Å². The zero-order valence-electron chi connectivity index (χ0n) is 26.1. The molecule has 0 spiro atoms. The zero-order valence-corrected chi connectivity index (χ0v) is 26.9. The molecule has 2 aliphatic rings. The third-order valence-electron chi connectivity index (χ3n) is 7.46. The number of fused-ring (bicyclic) bond motifs is 3. The van der Waals surface area contributed by atoms with E-state index in [4.69, 9.17) is 14.9 Å². The van der Waals surface area contributed by atoms with Crippen LogP contribution in [0.3, 0.4) is 0 Å². The van der Waals surface area contributed by atoms with Crippen molar-refractivity contribution in [3.63, 3.8) is 0 Å². The minimum atomic E-state index is -1.01. The van der Waals surface area contributed by atoms with Crippen LogP contribution < -0.4 is 26.6 Å². The Morgan fingerprint density at radius 1 is 1.02 bits per heavy atom. The van der Waals surface area contributed by atoms with Crippen molar-refractivity contribution >= 4 is 52.1 Å². The van der Waals surface area contributed by atoms with Gasteiger partial charge in [0.15, 0.2) is 5.13 Å². The lowest BCUT2D eigenvalue weighted by atomic mass is 9.98. The molecule has 1 aliphatic carbocycles. The van der Waals surface area contributed by atoms with Crippen LogP contribution in [0.15, 0.2) is 53.9 Å². The molecule has 14 nitrogen and oxygen atoms in total. The van der Waals surface area contributed by atoms with Crippen LogP contribution in [0.2, 0.25) is 0 Å². The molecule has 0 saturated carbocycles. The highest BCUT2D eigenvalue weighted by atomic mass is 32.1. The van der Waals surface area contributed by atoms with E-state index in [1.54, 1.807) is 20.8 Å². The zero-order chi connectivity index (χ0) is 33.9. The summed E-state index contributed by atoms with van der Waals surface area (Å²) in [5, 5.41) is 22.4. The van der Waals surface area contributed by atoms with E-state index in [1.807, 2.05) is 48.5 Å². The van der Waals surface area contributed by atoms with E-state index in [1.165, 1.54) is 12.3 Å². The summed E-state index contributed by atoms with van der Waals surface area (Å²) >= 11 is 1.00. The molecular formula is C32H35N7O7S. The summed E-state index contributed by atoms with van der Waals surface area (Å²) in [4.78, 5) is 66.2. The average Bonchev–Trinajstić information content (AvgIpc) is 3.61. The Hall–Kier alpha value is -5.31. The molecule has 5 amide bonds. The summed E-state index contributed by atoms with van der Waals surface area (Å²) in [6.45, 7) is 6.68. The van der Waals surface area contributed by atoms with Crippen LogP contribution in [0.25, 0.3) is 11.1 Å². The summed E-state index contributed by atoms with van der Waals surface area (Å²) in [5.74, 6) is -1.99. The lowest BCUT2D eigenvalue weighted by molar-refractivity contribution is -0.135. The highest BCUT2D eigenvalue weighted by molar-refractivity contribution is 7.14. The largest absolute Gasteiger partial charge is 0.449 e. The van der Waals surface area contributed by atoms with E-state index in [0.29, 0.717) is 0 Å². The number of benzene rings is 2. The Balaban J connectivity index is 1.06. The number of hydrogen-bond donors (Lipinski definition) is 6. The number of nitrogens with one attached hydrogen (secondary N) is 6. The standard InChI is InChI=1S/C32H35N7O7S/c1-16(35-30(43)45-14-21-19-11-7-5-9-17(19)18-10-6-8-12-20(18)21)26(40)34-13-22-25(28(42)36-22)38-27(41)24(33)23-15-47-29(37-23)39-31(44)46-32(2,3)4/h5-12,15-16,21-22,25,33H,13-14H2,1-4H3,(H,34,40)(H,35,43)(H,36,42)(H,38,41)(H,37,39,44)/t16-,22+,25-/m0/s1. The number of aromatic nitrogens is 1. The molecular weight excluding hydrogens is 626 g/mol. The van der Waals surface area contributed by atoms with Crippen molar-refractivity contribution in [2.75, 3.05) is 18.5 Å².